The Bertz CT molecular complexity index is 594. The van der Waals surface area contributed by atoms with Crippen molar-refractivity contribution < 1.29 is 14.3 Å². The van der Waals surface area contributed by atoms with Gasteiger partial charge in [-0.1, -0.05) is 11.6 Å². The molecule has 7 heteroatoms. The van der Waals surface area contributed by atoms with E-state index in [2.05, 4.69) is 0 Å². The van der Waals surface area contributed by atoms with E-state index < -0.39 is 12.1 Å². The van der Waals surface area contributed by atoms with E-state index in [1.54, 1.807) is 34.9 Å². The van der Waals surface area contributed by atoms with E-state index in [0.29, 0.717) is 43.4 Å². The van der Waals surface area contributed by atoms with E-state index in [-0.39, 0.29) is 5.91 Å². The van der Waals surface area contributed by atoms with Gasteiger partial charge in [-0.25, -0.2) is 4.79 Å². The van der Waals surface area contributed by atoms with Crippen molar-refractivity contribution >= 4 is 23.5 Å². The first kappa shape index (κ1) is 17.4. The van der Waals surface area contributed by atoms with Crippen molar-refractivity contribution in [3.63, 3.8) is 0 Å². The van der Waals surface area contributed by atoms with Crippen LogP contribution >= 0.6 is 11.6 Å². The molecule has 1 saturated heterocycles. The van der Waals surface area contributed by atoms with E-state index in [0.717, 1.165) is 5.56 Å². The molecule has 0 aromatic heterocycles. The summed E-state index contributed by atoms with van der Waals surface area (Å²) in [5.41, 5.74) is 6.18. The average Bonchev–Trinajstić information content (AvgIpc) is 2.75. The number of halogens is 1. The highest BCUT2D eigenvalue weighted by Crippen LogP contribution is 2.23. The maximum absolute atomic E-state index is 12.6. The van der Waals surface area contributed by atoms with Crippen molar-refractivity contribution in [1.82, 2.24) is 9.80 Å². The molecule has 3 amide bonds. The SMILES string of the molecule is Cc1cc(Cl)ccc1OC(C)C(=O)N1CCCN(C(N)=O)CC1. The molecule has 1 fully saturated rings. The van der Waals surface area contributed by atoms with Crippen LogP contribution in [0.25, 0.3) is 0 Å². The minimum absolute atomic E-state index is 0.0920. The van der Waals surface area contributed by atoms with Crippen LogP contribution in [-0.4, -0.2) is 54.0 Å². The summed E-state index contributed by atoms with van der Waals surface area (Å²) in [7, 11) is 0. The van der Waals surface area contributed by atoms with Crippen LogP contribution in [-0.2, 0) is 4.79 Å². The number of aryl methyl sites for hydroxylation is 1. The molecule has 1 aliphatic heterocycles. The van der Waals surface area contributed by atoms with Gasteiger partial charge in [-0.05, 0) is 44.0 Å². The summed E-state index contributed by atoms with van der Waals surface area (Å²) in [4.78, 5) is 27.1. The summed E-state index contributed by atoms with van der Waals surface area (Å²) in [6, 6.07) is 4.85. The zero-order valence-electron chi connectivity index (χ0n) is 13.4. The molecule has 1 heterocycles. The van der Waals surface area contributed by atoms with Crippen molar-refractivity contribution in [2.24, 2.45) is 5.73 Å². The highest BCUT2D eigenvalue weighted by Gasteiger charge is 2.25. The van der Waals surface area contributed by atoms with Crippen LogP contribution < -0.4 is 10.5 Å². The predicted molar refractivity (Wildman–Crippen MR) is 88.6 cm³/mol. The molecule has 2 N–H and O–H groups in total. The second-order valence-electron chi connectivity index (χ2n) is 5.67. The number of nitrogens with zero attached hydrogens (tertiary/aromatic N) is 2. The molecule has 1 aliphatic rings. The maximum Gasteiger partial charge on any atom is 0.314 e. The highest BCUT2D eigenvalue weighted by molar-refractivity contribution is 6.30. The summed E-state index contributed by atoms with van der Waals surface area (Å²) >= 11 is 5.92. The van der Waals surface area contributed by atoms with E-state index in [1.807, 2.05) is 6.92 Å². The van der Waals surface area contributed by atoms with Gasteiger partial charge < -0.3 is 20.3 Å². The number of amides is 3. The molecule has 0 saturated carbocycles. The van der Waals surface area contributed by atoms with Crippen molar-refractivity contribution in [3.05, 3.63) is 28.8 Å². The van der Waals surface area contributed by atoms with Gasteiger partial charge in [0.1, 0.15) is 5.75 Å². The Morgan fingerprint density at radius 2 is 1.87 bits per heavy atom. The molecule has 2 rings (SSSR count). The topological polar surface area (TPSA) is 75.9 Å². The fourth-order valence-corrected chi connectivity index (χ4v) is 2.83. The zero-order chi connectivity index (χ0) is 17.0. The number of primary amides is 1. The van der Waals surface area contributed by atoms with Crippen LogP contribution in [0.1, 0.15) is 18.9 Å². The molecule has 1 aromatic rings. The number of urea groups is 1. The first-order valence-electron chi connectivity index (χ1n) is 7.64. The largest absolute Gasteiger partial charge is 0.481 e. The van der Waals surface area contributed by atoms with E-state index in [1.165, 1.54) is 0 Å². The van der Waals surface area contributed by atoms with E-state index >= 15 is 0 Å². The Hall–Kier alpha value is -1.95. The van der Waals surface area contributed by atoms with Crippen LogP contribution in [0.4, 0.5) is 4.79 Å². The first-order valence-corrected chi connectivity index (χ1v) is 8.02. The van der Waals surface area contributed by atoms with Crippen molar-refractivity contribution in [2.75, 3.05) is 26.2 Å². The number of nitrogens with two attached hydrogens (primary N) is 1. The van der Waals surface area contributed by atoms with Gasteiger partial charge in [0.05, 0.1) is 0 Å². The van der Waals surface area contributed by atoms with Crippen LogP contribution in [0.2, 0.25) is 5.02 Å². The summed E-state index contributed by atoms with van der Waals surface area (Å²) < 4.78 is 5.78. The number of hydrogen-bond donors (Lipinski definition) is 1. The Morgan fingerprint density at radius 3 is 2.52 bits per heavy atom. The fraction of sp³-hybridized carbons (Fsp3) is 0.500. The molecule has 23 heavy (non-hydrogen) atoms. The van der Waals surface area contributed by atoms with Crippen LogP contribution in [0.5, 0.6) is 5.75 Å². The third kappa shape index (κ3) is 4.51. The molecule has 126 valence electrons. The minimum atomic E-state index is -0.602. The normalized spacial score (nSPS) is 16.7. The Labute approximate surface area is 141 Å². The number of carbonyl (C=O) groups excluding carboxylic acids is 2. The van der Waals surface area contributed by atoms with Gasteiger partial charge in [0.15, 0.2) is 6.10 Å². The molecule has 0 bridgehead atoms. The summed E-state index contributed by atoms with van der Waals surface area (Å²) in [6.45, 7) is 5.70. The van der Waals surface area contributed by atoms with Gasteiger partial charge in [0.2, 0.25) is 0 Å². The third-order valence-electron chi connectivity index (χ3n) is 3.91. The molecule has 0 radical (unpaired) electrons. The lowest BCUT2D eigenvalue weighted by molar-refractivity contribution is -0.137. The quantitative estimate of drug-likeness (QED) is 0.915. The number of ether oxygens (including phenoxy) is 1. The van der Waals surface area contributed by atoms with Crippen LogP contribution in [0.15, 0.2) is 18.2 Å². The Morgan fingerprint density at radius 1 is 1.22 bits per heavy atom. The van der Waals surface area contributed by atoms with Gasteiger partial charge in [0, 0.05) is 31.2 Å². The number of carbonyl (C=O) groups is 2. The lowest BCUT2D eigenvalue weighted by Gasteiger charge is -2.25. The monoisotopic (exact) mass is 339 g/mol. The molecule has 0 aliphatic carbocycles. The van der Waals surface area contributed by atoms with Crippen LogP contribution in [0.3, 0.4) is 0 Å². The first-order chi connectivity index (χ1) is 10.9. The molecule has 1 atom stereocenters. The number of benzene rings is 1. The van der Waals surface area contributed by atoms with Crippen LogP contribution in [0, 0.1) is 6.92 Å². The van der Waals surface area contributed by atoms with Crippen molar-refractivity contribution in [1.29, 1.82) is 0 Å². The summed E-state index contributed by atoms with van der Waals surface area (Å²) in [5.74, 6) is 0.550. The molecule has 0 spiro atoms. The molecule has 1 aromatic carbocycles. The number of hydrogen-bond acceptors (Lipinski definition) is 3. The van der Waals surface area contributed by atoms with Gasteiger partial charge in [-0.2, -0.15) is 0 Å². The minimum Gasteiger partial charge on any atom is -0.481 e. The van der Waals surface area contributed by atoms with Gasteiger partial charge in [-0.3, -0.25) is 4.79 Å². The highest BCUT2D eigenvalue weighted by atomic mass is 35.5. The lowest BCUT2D eigenvalue weighted by Crippen LogP contribution is -2.43. The summed E-state index contributed by atoms with van der Waals surface area (Å²) in [5, 5.41) is 0.632. The second kappa shape index (κ2) is 7.55. The van der Waals surface area contributed by atoms with E-state index in [9.17, 15) is 9.59 Å². The number of rotatable bonds is 3. The van der Waals surface area contributed by atoms with Crippen molar-refractivity contribution in [2.45, 2.75) is 26.4 Å². The molecular weight excluding hydrogens is 318 g/mol. The Balaban J connectivity index is 1.97. The van der Waals surface area contributed by atoms with Gasteiger partial charge >= 0.3 is 6.03 Å². The second-order valence-corrected chi connectivity index (χ2v) is 6.11. The molecular formula is C16H22ClN3O3. The molecule has 1 unspecified atom stereocenters. The maximum atomic E-state index is 12.6. The van der Waals surface area contributed by atoms with Crippen molar-refractivity contribution in [3.8, 4) is 5.75 Å². The smallest absolute Gasteiger partial charge is 0.314 e. The lowest BCUT2D eigenvalue weighted by atomic mass is 10.2. The van der Waals surface area contributed by atoms with Gasteiger partial charge in [0.25, 0.3) is 5.91 Å². The average molecular weight is 340 g/mol. The van der Waals surface area contributed by atoms with Gasteiger partial charge in [-0.15, -0.1) is 0 Å². The fourth-order valence-electron chi connectivity index (χ4n) is 2.60. The summed E-state index contributed by atoms with van der Waals surface area (Å²) in [6.07, 6.45) is 0.108. The zero-order valence-corrected chi connectivity index (χ0v) is 14.2. The van der Waals surface area contributed by atoms with E-state index in [4.69, 9.17) is 22.1 Å². The molecule has 6 nitrogen and oxygen atoms in total. The Kier molecular flexibility index (Phi) is 5.71. The standard InChI is InChI=1S/C16H22ClN3O3/c1-11-10-13(17)4-5-14(11)23-12(2)15(21)19-6-3-7-20(9-8-19)16(18)22/h4-5,10,12H,3,6-9H2,1-2H3,(H2,18,22). The predicted octanol–water partition coefficient (Wildman–Crippen LogP) is 2.03. The third-order valence-corrected chi connectivity index (χ3v) is 4.14.